The van der Waals surface area contributed by atoms with Gasteiger partial charge in [-0.15, -0.1) is 0 Å². The summed E-state index contributed by atoms with van der Waals surface area (Å²) < 4.78 is 5.93. The van der Waals surface area contributed by atoms with Crippen LogP contribution in [0.4, 0.5) is 11.5 Å². The van der Waals surface area contributed by atoms with Crippen molar-refractivity contribution in [3.63, 3.8) is 0 Å². The van der Waals surface area contributed by atoms with Crippen LogP contribution in [0.1, 0.15) is 30.1 Å². The Labute approximate surface area is 221 Å². The van der Waals surface area contributed by atoms with Gasteiger partial charge in [-0.25, -0.2) is 9.97 Å². The number of nitrogens with zero attached hydrogens (tertiary/aromatic N) is 4. The summed E-state index contributed by atoms with van der Waals surface area (Å²) in [5.41, 5.74) is 2.19. The third-order valence-corrected chi connectivity index (χ3v) is 6.83. The van der Waals surface area contributed by atoms with Crippen molar-refractivity contribution in [3.8, 4) is 5.75 Å². The number of carbonyl (C=O) groups is 2. The second kappa shape index (κ2) is 11.8. The molecule has 1 saturated heterocycles. The molecule has 0 bridgehead atoms. The predicted octanol–water partition coefficient (Wildman–Crippen LogP) is 4.16. The van der Waals surface area contributed by atoms with Crippen molar-refractivity contribution in [3.05, 3.63) is 78.8 Å². The van der Waals surface area contributed by atoms with Gasteiger partial charge >= 0.3 is 0 Å². The maximum absolute atomic E-state index is 13.5. The molecule has 9 nitrogen and oxygen atoms in total. The van der Waals surface area contributed by atoms with Crippen molar-refractivity contribution in [1.29, 1.82) is 0 Å². The second-order valence-electron chi connectivity index (χ2n) is 9.48. The average molecular weight is 513 g/mol. The standard InChI is InChI=1S/C29H32N6O3/c1-21(36)30-14-17-35(28-26-10-13-31-27(26)32-20-33-28)24-7-5-6-23(18-24)29(37)34-15-11-22(12-16-34)19-38-25-8-3-2-4-9-25/h2-10,13,18,20,22H,11-12,14-17,19H2,1H3,(H,30,36)(H,31,32,33). The number of rotatable bonds is 9. The van der Waals surface area contributed by atoms with Crippen LogP contribution in [-0.2, 0) is 4.79 Å². The molecular formula is C29H32N6O3. The SMILES string of the molecule is CC(=O)NCCN(c1cccc(C(=O)N2CCC(COc3ccccc3)CC2)c1)c1ncnc2[nH]ccc12. The molecule has 0 spiro atoms. The zero-order valence-electron chi connectivity index (χ0n) is 21.5. The zero-order chi connectivity index (χ0) is 26.3. The van der Waals surface area contributed by atoms with Gasteiger partial charge in [0.15, 0.2) is 0 Å². The smallest absolute Gasteiger partial charge is 0.253 e. The fraction of sp³-hybridized carbons (Fsp3) is 0.310. The molecule has 0 saturated carbocycles. The van der Waals surface area contributed by atoms with Crippen LogP contribution in [0.3, 0.4) is 0 Å². The lowest BCUT2D eigenvalue weighted by Crippen LogP contribution is -2.39. The van der Waals surface area contributed by atoms with E-state index < -0.39 is 0 Å². The number of aromatic amines is 1. The quantitative estimate of drug-likeness (QED) is 0.349. The summed E-state index contributed by atoms with van der Waals surface area (Å²) in [5.74, 6) is 1.94. The molecule has 2 aromatic heterocycles. The lowest BCUT2D eigenvalue weighted by Gasteiger charge is -2.32. The van der Waals surface area contributed by atoms with E-state index in [0.29, 0.717) is 50.1 Å². The van der Waals surface area contributed by atoms with Gasteiger partial charge in [0.25, 0.3) is 5.91 Å². The molecule has 2 N–H and O–H groups in total. The number of H-pyrrole nitrogens is 1. The molecule has 4 aromatic rings. The highest BCUT2D eigenvalue weighted by Crippen LogP contribution is 2.30. The highest BCUT2D eigenvalue weighted by atomic mass is 16.5. The summed E-state index contributed by atoms with van der Waals surface area (Å²) in [5, 5.41) is 3.72. The number of carbonyl (C=O) groups excluding carboxylic acids is 2. The van der Waals surface area contributed by atoms with E-state index in [4.69, 9.17) is 4.74 Å². The van der Waals surface area contributed by atoms with Crippen LogP contribution < -0.4 is 15.0 Å². The summed E-state index contributed by atoms with van der Waals surface area (Å²) in [7, 11) is 0. The molecule has 0 radical (unpaired) electrons. The average Bonchev–Trinajstić information content (AvgIpc) is 3.44. The highest BCUT2D eigenvalue weighted by Gasteiger charge is 2.25. The Balaban J connectivity index is 1.28. The highest BCUT2D eigenvalue weighted by molar-refractivity contribution is 5.96. The molecule has 0 unspecified atom stereocenters. The molecule has 1 aliphatic rings. The van der Waals surface area contributed by atoms with E-state index >= 15 is 0 Å². The molecule has 196 valence electrons. The number of para-hydroxylation sites is 1. The second-order valence-corrected chi connectivity index (χ2v) is 9.48. The Morgan fingerprint density at radius 3 is 2.68 bits per heavy atom. The van der Waals surface area contributed by atoms with Crippen molar-refractivity contribution < 1.29 is 14.3 Å². The molecular weight excluding hydrogens is 480 g/mol. The van der Waals surface area contributed by atoms with E-state index in [0.717, 1.165) is 35.3 Å². The largest absolute Gasteiger partial charge is 0.493 e. The summed E-state index contributed by atoms with van der Waals surface area (Å²) in [6.07, 6.45) is 5.16. The molecule has 38 heavy (non-hydrogen) atoms. The maximum Gasteiger partial charge on any atom is 0.253 e. The number of likely N-dealkylation sites (tertiary alicyclic amines) is 1. The van der Waals surface area contributed by atoms with Crippen molar-refractivity contribution in [2.24, 2.45) is 5.92 Å². The first-order valence-electron chi connectivity index (χ1n) is 13.0. The minimum atomic E-state index is -0.0964. The molecule has 1 fully saturated rings. The van der Waals surface area contributed by atoms with Crippen LogP contribution in [0, 0.1) is 5.92 Å². The molecule has 9 heteroatoms. The van der Waals surface area contributed by atoms with Crippen molar-refractivity contribution >= 4 is 34.4 Å². The van der Waals surface area contributed by atoms with Crippen molar-refractivity contribution in [2.45, 2.75) is 19.8 Å². The van der Waals surface area contributed by atoms with Crippen LogP contribution in [0.5, 0.6) is 5.75 Å². The fourth-order valence-electron chi connectivity index (χ4n) is 4.80. The Bertz CT molecular complexity index is 1380. The van der Waals surface area contributed by atoms with E-state index in [-0.39, 0.29) is 11.8 Å². The van der Waals surface area contributed by atoms with Gasteiger partial charge < -0.3 is 24.8 Å². The minimum absolute atomic E-state index is 0.0190. The Morgan fingerprint density at radius 1 is 1.08 bits per heavy atom. The number of hydrogen-bond donors (Lipinski definition) is 2. The Kier molecular flexibility index (Phi) is 7.82. The first-order chi connectivity index (χ1) is 18.6. The van der Waals surface area contributed by atoms with Gasteiger partial charge in [-0.05, 0) is 55.2 Å². The summed E-state index contributed by atoms with van der Waals surface area (Å²) in [6.45, 7) is 4.48. The Hall–Kier alpha value is -4.40. The summed E-state index contributed by atoms with van der Waals surface area (Å²) in [4.78, 5) is 40.9. The topological polar surface area (TPSA) is 103 Å². The van der Waals surface area contributed by atoms with Crippen LogP contribution >= 0.6 is 0 Å². The van der Waals surface area contributed by atoms with Gasteiger partial charge in [-0.1, -0.05) is 24.3 Å². The van der Waals surface area contributed by atoms with Crippen LogP contribution in [0.25, 0.3) is 11.0 Å². The number of anilines is 2. The number of benzene rings is 2. The lowest BCUT2D eigenvalue weighted by atomic mass is 9.97. The third-order valence-electron chi connectivity index (χ3n) is 6.83. The molecule has 0 aliphatic carbocycles. The zero-order valence-corrected chi connectivity index (χ0v) is 21.5. The van der Waals surface area contributed by atoms with Crippen LogP contribution in [0.15, 0.2) is 73.2 Å². The minimum Gasteiger partial charge on any atom is -0.493 e. The van der Waals surface area contributed by atoms with Gasteiger partial charge in [0.05, 0.1) is 12.0 Å². The first kappa shape index (κ1) is 25.3. The van der Waals surface area contributed by atoms with E-state index in [1.807, 2.05) is 76.7 Å². The summed E-state index contributed by atoms with van der Waals surface area (Å²) >= 11 is 0. The predicted molar refractivity (Wildman–Crippen MR) is 147 cm³/mol. The molecule has 2 amide bonds. The Morgan fingerprint density at radius 2 is 1.89 bits per heavy atom. The van der Waals surface area contributed by atoms with Crippen LogP contribution in [0.2, 0.25) is 0 Å². The van der Waals surface area contributed by atoms with Crippen molar-refractivity contribution in [2.75, 3.05) is 37.7 Å². The van der Waals surface area contributed by atoms with Gasteiger partial charge in [0, 0.05) is 50.6 Å². The number of aromatic nitrogens is 3. The first-order valence-corrected chi connectivity index (χ1v) is 13.0. The molecule has 5 rings (SSSR count). The van der Waals surface area contributed by atoms with E-state index in [2.05, 4.69) is 20.3 Å². The molecule has 1 aliphatic heterocycles. The molecule has 2 aromatic carbocycles. The summed E-state index contributed by atoms with van der Waals surface area (Å²) in [6, 6.07) is 19.4. The monoisotopic (exact) mass is 512 g/mol. The number of fused-ring (bicyclic) bond motifs is 1. The number of nitrogens with one attached hydrogen (secondary N) is 2. The van der Waals surface area contributed by atoms with Gasteiger partial charge in [0.1, 0.15) is 23.5 Å². The molecule has 3 heterocycles. The molecule has 0 atom stereocenters. The number of amides is 2. The fourth-order valence-corrected chi connectivity index (χ4v) is 4.80. The van der Waals surface area contributed by atoms with Gasteiger partial charge in [-0.2, -0.15) is 0 Å². The number of hydrogen-bond acceptors (Lipinski definition) is 6. The maximum atomic E-state index is 13.5. The van der Waals surface area contributed by atoms with Gasteiger partial charge in [-0.3, -0.25) is 9.59 Å². The lowest BCUT2D eigenvalue weighted by molar-refractivity contribution is -0.118. The van der Waals surface area contributed by atoms with E-state index in [1.54, 1.807) is 0 Å². The normalized spacial score (nSPS) is 13.9. The van der Waals surface area contributed by atoms with Crippen LogP contribution in [-0.4, -0.2) is 64.5 Å². The van der Waals surface area contributed by atoms with E-state index in [1.165, 1.54) is 13.3 Å². The number of piperidine rings is 1. The van der Waals surface area contributed by atoms with E-state index in [9.17, 15) is 9.59 Å². The van der Waals surface area contributed by atoms with Crippen molar-refractivity contribution in [1.82, 2.24) is 25.2 Å². The number of ether oxygens (including phenoxy) is 1. The van der Waals surface area contributed by atoms with Gasteiger partial charge in [0.2, 0.25) is 5.91 Å². The third kappa shape index (κ3) is 5.94.